The minimum absolute atomic E-state index is 0.0295. The average molecular weight is 232 g/mol. The molecule has 1 unspecified atom stereocenters. The van der Waals surface area contributed by atoms with Gasteiger partial charge in [-0.25, -0.2) is 0 Å². The lowest BCUT2D eigenvalue weighted by molar-refractivity contribution is -0.140. The Morgan fingerprint density at radius 1 is 1.41 bits per heavy atom. The SMILES string of the molecule is Cc1ccc(C2CCC(C)(C)N(C)C2=O)nc1. The lowest BCUT2D eigenvalue weighted by Crippen LogP contribution is -2.51. The van der Waals surface area contributed by atoms with E-state index in [0.717, 1.165) is 24.1 Å². The molecule has 0 radical (unpaired) electrons. The Morgan fingerprint density at radius 3 is 2.71 bits per heavy atom. The molecule has 3 heteroatoms. The number of likely N-dealkylation sites (tertiary alicyclic amines) is 1. The predicted molar refractivity (Wildman–Crippen MR) is 67.8 cm³/mol. The molecule has 1 saturated heterocycles. The van der Waals surface area contributed by atoms with Crippen LogP contribution in [-0.4, -0.2) is 28.4 Å². The number of carbonyl (C=O) groups excluding carboxylic acids is 1. The molecule has 0 aliphatic carbocycles. The van der Waals surface area contributed by atoms with E-state index in [4.69, 9.17) is 0 Å². The number of likely N-dealkylation sites (N-methyl/N-ethyl adjacent to an activating group) is 1. The van der Waals surface area contributed by atoms with Crippen molar-refractivity contribution in [3.05, 3.63) is 29.6 Å². The molecule has 1 atom stereocenters. The predicted octanol–water partition coefficient (Wildman–Crippen LogP) is 2.50. The fraction of sp³-hybridized carbons (Fsp3) is 0.571. The van der Waals surface area contributed by atoms with Gasteiger partial charge in [0.25, 0.3) is 0 Å². The van der Waals surface area contributed by atoms with Gasteiger partial charge < -0.3 is 4.90 Å². The van der Waals surface area contributed by atoms with Crippen molar-refractivity contribution < 1.29 is 4.79 Å². The topological polar surface area (TPSA) is 33.2 Å². The van der Waals surface area contributed by atoms with Crippen LogP contribution in [0.15, 0.2) is 18.3 Å². The summed E-state index contributed by atoms with van der Waals surface area (Å²) in [6.07, 6.45) is 3.75. The van der Waals surface area contributed by atoms with E-state index in [1.54, 1.807) is 0 Å². The number of hydrogen-bond acceptors (Lipinski definition) is 2. The average Bonchev–Trinajstić information content (AvgIpc) is 2.28. The van der Waals surface area contributed by atoms with Crippen LogP contribution < -0.4 is 0 Å². The first-order valence-electron chi connectivity index (χ1n) is 6.12. The van der Waals surface area contributed by atoms with Gasteiger partial charge in [-0.15, -0.1) is 0 Å². The van der Waals surface area contributed by atoms with Crippen LogP contribution in [0.3, 0.4) is 0 Å². The summed E-state index contributed by atoms with van der Waals surface area (Å²) in [5.41, 5.74) is 2.01. The Hall–Kier alpha value is -1.38. The fourth-order valence-electron chi connectivity index (χ4n) is 2.28. The number of hydrogen-bond donors (Lipinski definition) is 0. The van der Waals surface area contributed by atoms with Crippen molar-refractivity contribution >= 4 is 5.91 Å². The van der Waals surface area contributed by atoms with E-state index in [1.165, 1.54) is 0 Å². The van der Waals surface area contributed by atoms with Crippen LogP contribution in [-0.2, 0) is 4.79 Å². The quantitative estimate of drug-likeness (QED) is 0.745. The molecule has 17 heavy (non-hydrogen) atoms. The molecule has 0 N–H and O–H groups in total. The molecule has 0 spiro atoms. The zero-order chi connectivity index (χ0) is 12.6. The monoisotopic (exact) mass is 232 g/mol. The van der Waals surface area contributed by atoms with Crippen LogP contribution in [0.25, 0.3) is 0 Å². The van der Waals surface area contributed by atoms with Crippen molar-refractivity contribution in [1.29, 1.82) is 0 Å². The number of aromatic nitrogens is 1. The van der Waals surface area contributed by atoms with Crippen LogP contribution in [0.5, 0.6) is 0 Å². The smallest absolute Gasteiger partial charge is 0.231 e. The maximum absolute atomic E-state index is 12.3. The second kappa shape index (κ2) is 4.13. The van der Waals surface area contributed by atoms with E-state index in [-0.39, 0.29) is 17.4 Å². The lowest BCUT2D eigenvalue weighted by atomic mass is 9.83. The standard InChI is InChI=1S/C14H20N2O/c1-10-5-6-12(15-9-10)11-7-8-14(2,3)16(4)13(11)17/h5-6,9,11H,7-8H2,1-4H3. The van der Waals surface area contributed by atoms with Crippen LogP contribution in [0.4, 0.5) is 0 Å². The second-order valence-electron chi connectivity index (χ2n) is 5.56. The van der Waals surface area contributed by atoms with E-state index in [0.29, 0.717) is 0 Å². The molecule has 3 nitrogen and oxygen atoms in total. The molecule has 92 valence electrons. The molecule has 2 heterocycles. The summed E-state index contributed by atoms with van der Waals surface area (Å²) in [5, 5.41) is 0. The number of aryl methyl sites for hydroxylation is 1. The first-order valence-corrected chi connectivity index (χ1v) is 6.12. The lowest BCUT2D eigenvalue weighted by Gasteiger charge is -2.42. The largest absolute Gasteiger partial charge is 0.340 e. The van der Waals surface area contributed by atoms with Gasteiger partial charge in [-0.1, -0.05) is 6.07 Å². The Kier molecular flexibility index (Phi) is 2.94. The van der Waals surface area contributed by atoms with Crippen molar-refractivity contribution in [3.63, 3.8) is 0 Å². The highest BCUT2D eigenvalue weighted by molar-refractivity contribution is 5.84. The van der Waals surface area contributed by atoms with Gasteiger partial charge in [-0.05, 0) is 45.2 Å². The molecule has 1 aliphatic rings. The van der Waals surface area contributed by atoms with E-state index in [9.17, 15) is 4.79 Å². The highest BCUT2D eigenvalue weighted by atomic mass is 16.2. The zero-order valence-electron chi connectivity index (χ0n) is 11.0. The number of piperidine rings is 1. The van der Waals surface area contributed by atoms with Crippen LogP contribution in [0.2, 0.25) is 0 Å². The highest BCUT2D eigenvalue weighted by Gasteiger charge is 2.38. The van der Waals surface area contributed by atoms with Crippen LogP contribution in [0.1, 0.15) is 43.9 Å². The van der Waals surface area contributed by atoms with Crippen LogP contribution in [0, 0.1) is 6.92 Å². The van der Waals surface area contributed by atoms with E-state index < -0.39 is 0 Å². The van der Waals surface area contributed by atoms with Gasteiger partial charge in [0, 0.05) is 18.8 Å². The molecule has 0 saturated carbocycles. The zero-order valence-corrected chi connectivity index (χ0v) is 11.0. The summed E-state index contributed by atoms with van der Waals surface area (Å²) in [6.45, 7) is 6.24. The molecule has 1 aromatic rings. The maximum Gasteiger partial charge on any atom is 0.231 e. The van der Waals surface area contributed by atoms with Gasteiger partial charge in [0.15, 0.2) is 0 Å². The Labute approximate surface area is 103 Å². The molecular weight excluding hydrogens is 212 g/mol. The molecule has 1 amide bonds. The molecule has 1 fully saturated rings. The Bertz CT molecular complexity index is 422. The second-order valence-corrected chi connectivity index (χ2v) is 5.56. The number of pyridine rings is 1. The van der Waals surface area contributed by atoms with Gasteiger partial charge >= 0.3 is 0 Å². The van der Waals surface area contributed by atoms with Gasteiger partial charge in [0.1, 0.15) is 0 Å². The van der Waals surface area contributed by atoms with E-state index in [2.05, 4.69) is 18.8 Å². The third-order valence-corrected chi connectivity index (χ3v) is 3.87. The fourth-order valence-corrected chi connectivity index (χ4v) is 2.28. The Balaban J connectivity index is 2.24. The van der Waals surface area contributed by atoms with Crippen molar-refractivity contribution in [2.24, 2.45) is 0 Å². The molecule has 2 rings (SSSR count). The summed E-state index contributed by atoms with van der Waals surface area (Å²) < 4.78 is 0. The third-order valence-electron chi connectivity index (χ3n) is 3.87. The summed E-state index contributed by atoms with van der Waals surface area (Å²) in [5.74, 6) is 0.131. The highest BCUT2D eigenvalue weighted by Crippen LogP contribution is 2.34. The minimum Gasteiger partial charge on any atom is -0.340 e. The number of amides is 1. The molecular formula is C14H20N2O. The summed E-state index contributed by atoms with van der Waals surface area (Å²) in [6, 6.07) is 4.00. The van der Waals surface area contributed by atoms with Crippen LogP contribution >= 0.6 is 0 Å². The van der Waals surface area contributed by atoms with Crippen molar-refractivity contribution in [1.82, 2.24) is 9.88 Å². The van der Waals surface area contributed by atoms with Gasteiger partial charge in [-0.3, -0.25) is 9.78 Å². The van der Waals surface area contributed by atoms with E-state index >= 15 is 0 Å². The van der Waals surface area contributed by atoms with Crippen molar-refractivity contribution in [2.45, 2.75) is 45.1 Å². The number of carbonyl (C=O) groups is 1. The maximum atomic E-state index is 12.3. The first kappa shape index (κ1) is 12.1. The van der Waals surface area contributed by atoms with E-state index in [1.807, 2.05) is 37.2 Å². The first-order chi connectivity index (χ1) is 7.92. The molecule has 0 aromatic carbocycles. The summed E-state index contributed by atoms with van der Waals surface area (Å²) >= 11 is 0. The van der Waals surface area contributed by atoms with Crippen molar-refractivity contribution in [3.8, 4) is 0 Å². The van der Waals surface area contributed by atoms with Gasteiger partial charge in [0.05, 0.1) is 11.6 Å². The minimum atomic E-state index is -0.0615. The normalized spacial score (nSPS) is 23.9. The molecule has 1 aliphatic heterocycles. The summed E-state index contributed by atoms with van der Waals surface area (Å²) in [4.78, 5) is 18.6. The van der Waals surface area contributed by atoms with Gasteiger partial charge in [0.2, 0.25) is 5.91 Å². The van der Waals surface area contributed by atoms with Gasteiger partial charge in [-0.2, -0.15) is 0 Å². The summed E-state index contributed by atoms with van der Waals surface area (Å²) in [7, 11) is 1.89. The number of nitrogens with zero attached hydrogens (tertiary/aromatic N) is 2. The molecule has 0 bridgehead atoms. The van der Waals surface area contributed by atoms with Crippen molar-refractivity contribution in [2.75, 3.05) is 7.05 Å². The number of rotatable bonds is 1. The Morgan fingerprint density at radius 2 is 2.12 bits per heavy atom. The third kappa shape index (κ3) is 2.19. The molecule has 1 aromatic heterocycles.